The lowest BCUT2D eigenvalue weighted by atomic mass is 10.1. The topological polar surface area (TPSA) is 87.1 Å². The molecule has 0 radical (unpaired) electrons. The Morgan fingerprint density at radius 3 is 2.85 bits per heavy atom. The highest BCUT2D eigenvalue weighted by Gasteiger charge is 2.14. The molecular weight excluding hydrogens is 256 g/mol. The van der Waals surface area contributed by atoms with Crippen molar-refractivity contribution in [2.24, 2.45) is 0 Å². The monoisotopic (exact) mass is 268 g/mol. The normalized spacial score (nSPS) is 10.4. The first-order valence-electron chi connectivity index (χ1n) is 5.97. The second-order valence-electron chi connectivity index (χ2n) is 4.09. The summed E-state index contributed by atoms with van der Waals surface area (Å²) in [4.78, 5) is 8.48. The van der Waals surface area contributed by atoms with Crippen molar-refractivity contribution in [3.05, 3.63) is 42.6 Å². The maximum absolute atomic E-state index is 5.93. The number of anilines is 1. The fourth-order valence-corrected chi connectivity index (χ4v) is 1.78. The second-order valence-corrected chi connectivity index (χ2v) is 4.09. The molecule has 0 aliphatic heterocycles. The molecule has 0 aliphatic carbocycles. The molecule has 1 aromatic carbocycles. The molecule has 2 N–H and O–H groups in total. The highest BCUT2D eigenvalue weighted by Crippen LogP contribution is 2.29. The Morgan fingerprint density at radius 1 is 1.20 bits per heavy atom. The highest BCUT2D eigenvalue weighted by molar-refractivity contribution is 5.72. The molecule has 2 aromatic heterocycles. The summed E-state index contributed by atoms with van der Waals surface area (Å²) in [6.45, 7) is 0. The Hall–Kier alpha value is -2.89. The van der Waals surface area contributed by atoms with Gasteiger partial charge in [0.05, 0.1) is 12.7 Å². The van der Waals surface area contributed by atoms with Crippen molar-refractivity contribution in [1.29, 1.82) is 0 Å². The average molecular weight is 268 g/mol. The third-order valence-electron chi connectivity index (χ3n) is 2.81. The zero-order valence-electron chi connectivity index (χ0n) is 10.8. The smallest absolute Gasteiger partial charge is 0.260 e. The minimum Gasteiger partial charge on any atom is -0.497 e. The number of rotatable bonds is 3. The first-order chi connectivity index (χ1) is 9.78. The van der Waals surface area contributed by atoms with Crippen molar-refractivity contribution in [3.63, 3.8) is 0 Å². The quantitative estimate of drug-likeness (QED) is 0.734. The molecule has 0 saturated carbocycles. The third kappa shape index (κ3) is 2.18. The minimum absolute atomic E-state index is 0.335. The van der Waals surface area contributed by atoms with Crippen LogP contribution in [0.4, 0.5) is 5.69 Å². The van der Waals surface area contributed by atoms with E-state index in [4.69, 9.17) is 15.0 Å². The first-order valence-corrected chi connectivity index (χ1v) is 5.97. The molecule has 6 nitrogen and oxygen atoms in total. The van der Waals surface area contributed by atoms with E-state index in [1.807, 2.05) is 18.2 Å². The molecule has 0 fully saturated rings. The largest absolute Gasteiger partial charge is 0.497 e. The molecule has 0 aliphatic rings. The Kier molecular flexibility index (Phi) is 3.04. The zero-order chi connectivity index (χ0) is 13.9. The van der Waals surface area contributed by atoms with Crippen molar-refractivity contribution < 1.29 is 9.26 Å². The molecule has 100 valence electrons. The molecule has 0 amide bonds. The van der Waals surface area contributed by atoms with Gasteiger partial charge in [-0.3, -0.25) is 4.98 Å². The highest BCUT2D eigenvalue weighted by atomic mass is 16.5. The molecular formula is C14H12N4O2. The standard InChI is InChI=1S/C14H12N4O2/c1-19-9-5-6-11(15)10(8-9)14-17-13(18-20-14)12-4-2-3-7-16-12/h2-8H,15H2,1H3. The van der Waals surface area contributed by atoms with Gasteiger partial charge in [-0.25, -0.2) is 0 Å². The van der Waals surface area contributed by atoms with Crippen LogP contribution in [0.1, 0.15) is 0 Å². The van der Waals surface area contributed by atoms with E-state index in [2.05, 4.69) is 15.1 Å². The summed E-state index contributed by atoms with van der Waals surface area (Å²) >= 11 is 0. The molecule has 0 saturated heterocycles. The molecule has 3 rings (SSSR count). The van der Waals surface area contributed by atoms with Crippen LogP contribution in [0.3, 0.4) is 0 Å². The van der Waals surface area contributed by atoms with Gasteiger partial charge in [0.1, 0.15) is 11.4 Å². The lowest BCUT2D eigenvalue weighted by Crippen LogP contribution is -1.92. The van der Waals surface area contributed by atoms with Crippen LogP contribution in [-0.4, -0.2) is 22.2 Å². The molecule has 0 unspecified atom stereocenters. The van der Waals surface area contributed by atoms with E-state index in [9.17, 15) is 0 Å². The first kappa shape index (κ1) is 12.2. The van der Waals surface area contributed by atoms with E-state index in [1.165, 1.54) is 0 Å². The lowest BCUT2D eigenvalue weighted by molar-refractivity contribution is 0.413. The van der Waals surface area contributed by atoms with Crippen LogP contribution < -0.4 is 10.5 Å². The number of nitrogens with zero attached hydrogens (tertiary/aromatic N) is 3. The third-order valence-corrected chi connectivity index (χ3v) is 2.81. The molecule has 0 spiro atoms. The van der Waals surface area contributed by atoms with Gasteiger partial charge in [-0.05, 0) is 30.3 Å². The number of pyridine rings is 1. The summed E-state index contributed by atoms with van der Waals surface area (Å²) in [5, 5.41) is 3.91. The number of hydrogen-bond acceptors (Lipinski definition) is 6. The van der Waals surface area contributed by atoms with E-state index in [0.29, 0.717) is 34.4 Å². The number of methoxy groups -OCH3 is 1. The van der Waals surface area contributed by atoms with Crippen molar-refractivity contribution in [2.45, 2.75) is 0 Å². The van der Waals surface area contributed by atoms with Crippen molar-refractivity contribution >= 4 is 5.69 Å². The maximum atomic E-state index is 5.93. The van der Waals surface area contributed by atoms with Crippen LogP contribution in [-0.2, 0) is 0 Å². The molecule has 0 bridgehead atoms. The molecule has 3 aromatic rings. The van der Waals surface area contributed by atoms with Crippen LogP contribution >= 0.6 is 0 Å². The van der Waals surface area contributed by atoms with Gasteiger partial charge in [-0.2, -0.15) is 4.98 Å². The van der Waals surface area contributed by atoms with Crippen molar-refractivity contribution in [3.8, 4) is 28.7 Å². The van der Waals surface area contributed by atoms with E-state index >= 15 is 0 Å². The maximum Gasteiger partial charge on any atom is 0.260 e. The van der Waals surface area contributed by atoms with E-state index in [0.717, 1.165) is 0 Å². The average Bonchev–Trinajstić information content (AvgIpc) is 2.98. The zero-order valence-corrected chi connectivity index (χ0v) is 10.8. The summed E-state index contributed by atoms with van der Waals surface area (Å²) in [5.74, 6) is 1.43. The fourth-order valence-electron chi connectivity index (χ4n) is 1.78. The van der Waals surface area contributed by atoms with Gasteiger partial charge >= 0.3 is 0 Å². The predicted molar refractivity (Wildman–Crippen MR) is 73.9 cm³/mol. The van der Waals surface area contributed by atoms with Gasteiger partial charge in [-0.15, -0.1) is 0 Å². The molecule has 2 heterocycles. The minimum atomic E-state index is 0.335. The van der Waals surface area contributed by atoms with Crippen LogP contribution in [0.5, 0.6) is 5.75 Å². The number of nitrogen functional groups attached to an aromatic ring is 1. The second kappa shape index (κ2) is 5.00. The van der Waals surface area contributed by atoms with E-state index in [-0.39, 0.29) is 0 Å². The predicted octanol–water partition coefficient (Wildman–Crippen LogP) is 2.39. The summed E-state index contributed by atoms with van der Waals surface area (Å²) in [5.41, 5.74) is 7.75. The molecule has 20 heavy (non-hydrogen) atoms. The number of ether oxygens (including phenoxy) is 1. The number of aromatic nitrogens is 3. The summed E-state index contributed by atoms with van der Waals surface area (Å²) in [6.07, 6.45) is 1.67. The van der Waals surface area contributed by atoms with Gasteiger partial charge < -0.3 is 15.0 Å². The van der Waals surface area contributed by atoms with Gasteiger partial charge in [0.25, 0.3) is 5.89 Å². The SMILES string of the molecule is COc1ccc(N)c(-c2nc(-c3ccccn3)no2)c1. The van der Waals surface area contributed by atoms with Crippen LogP contribution in [0.2, 0.25) is 0 Å². The van der Waals surface area contributed by atoms with Crippen molar-refractivity contribution in [1.82, 2.24) is 15.1 Å². The molecule has 6 heteroatoms. The Bertz CT molecular complexity index is 725. The van der Waals surface area contributed by atoms with E-state index < -0.39 is 0 Å². The fraction of sp³-hybridized carbons (Fsp3) is 0.0714. The Morgan fingerprint density at radius 2 is 2.10 bits per heavy atom. The summed E-state index contributed by atoms with van der Waals surface area (Å²) < 4.78 is 10.4. The number of nitrogens with two attached hydrogens (primary N) is 1. The Balaban J connectivity index is 2.02. The Labute approximate surface area is 115 Å². The van der Waals surface area contributed by atoms with E-state index in [1.54, 1.807) is 31.5 Å². The van der Waals surface area contributed by atoms with Gasteiger partial charge in [-0.1, -0.05) is 11.2 Å². The van der Waals surface area contributed by atoms with Gasteiger partial charge in [0, 0.05) is 11.9 Å². The van der Waals surface area contributed by atoms with Crippen LogP contribution in [0.15, 0.2) is 47.1 Å². The van der Waals surface area contributed by atoms with Crippen molar-refractivity contribution in [2.75, 3.05) is 12.8 Å². The number of benzene rings is 1. The number of hydrogen-bond donors (Lipinski definition) is 1. The van der Waals surface area contributed by atoms with Gasteiger partial charge in [0.2, 0.25) is 5.82 Å². The van der Waals surface area contributed by atoms with Gasteiger partial charge in [0.15, 0.2) is 0 Å². The molecule has 0 atom stereocenters. The summed E-state index contributed by atoms with van der Waals surface area (Å²) in [6, 6.07) is 10.8. The van der Waals surface area contributed by atoms with Crippen LogP contribution in [0, 0.1) is 0 Å². The van der Waals surface area contributed by atoms with Crippen LogP contribution in [0.25, 0.3) is 23.0 Å². The lowest BCUT2D eigenvalue weighted by Gasteiger charge is -2.03. The summed E-state index contributed by atoms with van der Waals surface area (Å²) in [7, 11) is 1.59.